The molecule has 1 aliphatic rings. The van der Waals surface area contributed by atoms with Crippen LogP contribution in [0.2, 0.25) is 0 Å². The first kappa shape index (κ1) is 16.6. The first-order valence-corrected chi connectivity index (χ1v) is 8.23. The second kappa shape index (κ2) is 7.55. The van der Waals surface area contributed by atoms with Gasteiger partial charge in [-0.2, -0.15) is 0 Å². The Labute approximate surface area is 142 Å². The van der Waals surface area contributed by atoms with Gasteiger partial charge in [-0.05, 0) is 31.7 Å². The number of rotatable bonds is 4. The van der Waals surface area contributed by atoms with Crippen molar-refractivity contribution in [2.45, 2.75) is 19.1 Å². The van der Waals surface area contributed by atoms with Crippen molar-refractivity contribution in [1.29, 1.82) is 0 Å². The topological polar surface area (TPSA) is 54.5 Å². The maximum atomic E-state index is 12.4. The lowest BCUT2D eigenvalue weighted by molar-refractivity contribution is -0.0605. The summed E-state index contributed by atoms with van der Waals surface area (Å²) < 4.78 is 5.96. The van der Waals surface area contributed by atoms with Crippen LogP contribution in [0, 0.1) is 6.92 Å². The normalized spacial score (nSPS) is 21.4. The maximum absolute atomic E-state index is 12.4. The Morgan fingerprint density at radius 1 is 1.29 bits per heavy atom. The number of hydrogen-bond donors (Lipinski definition) is 1. The van der Waals surface area contributed by atoms with Gasteiger partial charge < -0.3 is 10.1 Å². The van der Waals surface area contributed by atoms with Crippen LogP contribution in [0.5, 0.6) is 0 Å². The number of carbonyl (C=O) groups is 1. The molecule has 0 unspecified atom stereocenters. The number of hydrogen-bond acceptors (Lipinski definition) is 4. The van der Waals surface area contributed by atoms with Gasteiger partial charge >= 0.3 is 0 Å². The molecule has 1 fully saturated rings. The highest BCUT2D eigenvalue weighted by Gasteiger charge is 2.31. The molecule has 5 nitrogen and oxygen atoms in total. The molecule has 2 atom stereocenters. The second-order valence-electron chi connectivity index (χ2n) is 6.09. The number of nitrogens with zero attached hydrogens (tertiary/aromatic N) is 2. The number of aromatic nitrogens is 1. The van der Waals surface area contributed by atoms with Crippen LogP contribution in [0.3, 0.4) is 0 Å². The Hall–Kier alpha value is -2.24. The lowest BCUT2D eigenvalue weighted by Crippen LogP contribution is -2.48. The Kier molecular flexibility index (Phi) is 5.23. The van der Waals surface area contributed by atoms with Crippen LogP contribution in [-0.4, -0.2) is 48.6 Å². The molecule has 2 aromatic rings. The first-order chi connectivity index (χ1) is 11.7. The number of nitrogens with one attached hydrogen (secondary N) is 1. The molecule has 0 bridgehead atoms. The van der Waals surface area contributed by atoms with Crippen molar-refractivity contribution in [3.8, 4) is 0 Å². The number of pyridine rings is 1. The van der Waals surface area contributed by atoms with Crippen molar-refractivity contribution in [2.24, 2.45) is 0 Å². The molecule has 3 rings (SSSR count). The highest BCUT2D eigenvalue weighted by Crippen LogP contribution is 2.27. The summed E-state index contributed by atoms with van der Waals surface area (Å²) >= 11 is 0. The summed E-state index contributed by atoms with van der Waals surface area (Å²) in [7, 11) is 2.10. The molecule has 1 aliphatic heterocycles. The summed E-state index contributed by atoms with van der Waals surface area (Å²) in [6.07, 6.45) is 1.61. The molecule has 0 spiro atoms. The van der Waals surface area contributed by atoms with E-state index in [1.54, 1.807) is 18.3 Å². The Balaban J connectivity index is 1.71. The summed E-state index contributed by atoms with van der Waals surface area (Å²) in [6, 6.07) is 14.0. The minimum Gasteiger partial charge on any atom is -0.373 e. The third-order valence-electron chi connectivity index (χ3n) is 4.46. The molecular weight excluding hydrogens is 302 g/mol. The molecule has 24 heavy (non-hydrogen) atoms. The van der Waals surface area contributed by atoms with Gasteiger partial charge in [0.05, 0.1) is 24.3 Å². The van der Waals surface area contributed by atoms with Crippen molar-refractivity contribution in [2.75, 3.05) is 26.7 Å². The maximum Gasteiger partial charge on any atom is 0.253 e. The van der Waals surface area contributed by atoms with Crippen LogP contribution in [-0.2, 0) is 4.74 Å². The van der Waals surface area contributed by atoms with Gasteiger partial charge in [0.1, 0.15) is 0 Å². The number of benzene rings is 1. The Bertz CT molecular complexity index is 690. The summed E-state index contributed by atoms with van der Waals surface area (Å²) in [4.78, 5) is 18.9. The van der Waals surface area contributed by atoms with E-state index in [1.807, 2.05) is 25.1 Å². The van der Waals surface area contributed by atoms with E-state index in [4.69, 9.17) is 4.74 Å². The largest absolute Gasteiger partial charge is 0.373 e. The molecular formula is C19H23N3O2. The van der Waals surface area contributed by atoms with Crippen molar-refractivity contribution < 1.29 is 9.53 Å². The van der Waals surface area contributed by atoms with E-state index in [9.17, 15) is 4.79 Å². The summed E-state index contributed by atoms with van der Waals surface area (Å²) in [5.74, 6) is -0.107. The van der Waals surface area contributed by atoms with E-state index < -0.39 is 0 Å². The van der Waals surface area contributed by atoms with E-state index >= 15 is 0 Å². The molecule has 1 aromatic carbocycles. The summed E-state index contributed by atoms with van der Waals surface area (Å²) in [5, 5.41) is 3.00. The number of aryl methyl sites for hydroxylation is 1. The van der Waals surface area contributed by atoms with Crippen molar-refractivity contribution >= 4 is 5.91 Å². The SMILES string of the molecule is Cc1ncccc1C(=O)NC[C@@H]1OCCN(C)[C@H]1c1ccccc1. The summed E-state index contributed by atoms with van der Waals surface area (Å²) in [5.41, 5.74) is 2.55. The van der Waals surface area contributed by atoms with E-state index in [1.165, 1.54) is 5.56 Å². The van der Waals surface area contributed by atoms with Gasteiger partial charge in [0.2, 0.25) is 0 Å². The smallest absolute Gasteiger partial charge is 0.253 e. The molecule has 1 aromatic heterocycles. The number of amides is 1. The average molecular weight is 325 g/mol. The van der Waals surface area contributed by atoms with E-state index in [0.29, 0.717) is 18.7 Å². The zero-order chi connectivity index (χ0) is 16.9. The van der Waals surface area contributed by atoms with E-state index in [2.05, 4.69) is 34.4 Å². The highest BCUT2D eigenvalue weighted by atomic mass is 16.5. The van der Waals surface area contributed by atoms with Crippen molar-refractivity contribution in [1.82, 2.24) is 15.2 Å². The van der Waals surface area contributed by atoms with Crippen LogP contribution in [0.1, 0.15) is 27.7 Å². The molecule has 0 saturated carbocycles. The second-order valence-corrected chi connectivity index (χ2v) is 6.09. The summed E-state index contributed by atoms with van der Waals surface area (Å²) in [6.45, 7) is 3.86. The predicted octanol–water partition coefficient (Wildman–Crippen LogP) is 2.19. The lowest BCUT2D eigenvalue weighted by Gasteiger charge is -2.39. The van der Waals surface area contributed by atoms with Crippen LogP contribution < -0.4 is 5.32 Å². The zero-order valence-corrected chi connectivity index (χ0v) is 14.1. The zero-order valence-electron chi connectivity index (χ0n) is 14.1. The van der Waals surface area contributed by atoms with Crippen LogP contribution in [0.4, 0.5) is 0 Å². The third kappa shape index (κ3) is 3.63. The average Bonchev–Trinajstić information content (AvgIpc) is 2.61. The first-order valence-electron chi connectivity index (χ1n) is 8.23. The minimum absolute atomic E-state index is 0.0768. The Morgan fingerprint density at radius 2 is 2.08 bits per heavy atom. The molecule has 1 saturated heterocycles. The van der Waals surface area contributed by atoms with Gasteiger partial charge in [-0.25, -0.2) is 0 Å². The van der Waals surface area contributed by atoms with E-state index in [-0.39, 0.29) is 18.1 Å². The number of ether oxygens (including phenoxy) is 1. The van der Waals surface area contributed by atoms with Crippen molar-refractivity contribution in [3.05, 3.63) is 65.5 Å². The van der Waals surface area contributed by atoms with Gasteiger partial charge in [0, 0.05) is 25.0 Å². The lowest BCUT2D eigenvalue weighted by atomic mass is 9.98. The molecule has 1 amide bonds. The van der Waals surface area contributed by atoms with Crippen LogP contribution in [0.15, 0.2) is 48.7 Å². The Morgan fingerprint density at radius 3 is 2.83 bits per heavy atom. The number of likely N-dealkylation sites (N-methyl/N-ethyl adjacent to an activating group) is 1. The highest BCUT2D eigenvalue weighted by molar-refractivity contribution is 5.95. The third-order valence-corrected chi connectivity index (χ3v) is 4.46. The van der Waals surface area contributed by atoms with Crippen LogP contribution >= 0.6 is 0 Å². The van der Waals surface area contributed by atoms with Gasteiger partial charge in [0.15, 0.2) is 0 Å². The quantitative estimate of drug-likeness (QED) is 0.936. The molecule has 0 radical (unpaired) electrons. The molecule has 126 valence electrons. The van der Waals surface area contributed by atoms with Crippen molar-refractivity contribution in [3.63, 3.8) is 0 Å². The van der Waals surface area contributed by atoms with Crippen LogP contribution in [0.25, 0.3) is 0 Å². The van der Waals surface area contributed by atoms with Gasteiger partial charge in [0.25, 0.3) is 5.91 Å². The molecule has 2 heterocycles. The number of morpholine rings is 1. The molecule has 0 aliphatic carbocycles. The molecule has 5 heteroatoms. The van der Waals surface area contributed by atoms with Gasteiger partial charge in [-0.3, -0.25) is 14.7 Å². The fourth-order valence-electron chi connectivity index (χ4n) is 3.16. The van der Waals surface area contributed by atoms with Gasteiger partial charge in [-0.15, -0.1) is 0 Å². The van der Waals surface area contributed by atoms with Gasteiger partial charge in [-0.1, -0.05) is 30.3 Å². The number of carbonyl (C=O) groups excluding carboxylic acids is 1. The fourth-order valence-corrected chi connectivity index (χ4v) is 3.16. The predicted molar refractivity (Wildman–Crippen MR) is 92.9 cm³/mol. The minimum atomic E-state index is -0.107. The molecule has 1 N–H and O–H groups in total. The monoisotopic (exact) mass is 325 g/mol. The fraction of sp³-hybridized carbons (Fsp3) is 0.368. The standard InChI is InChI=1S/C19H23N3O2/c1-14-16(9-6-10-20-14)19(23)21-13-17-18(22(2)11-12-24-17)15-7-4-3-5-8-15/h3-10,17-18H,11-13H2,1-2H3,(H,21,23)/t17-,18-/m0/s1. The van der Waals surface area contributed by atoms with E-state index in [0.717, 1.165) is 12.2 Å².